The number of hydrogen-bond donors (Lipinski definition) is 1. The number of alkyl halides is 1. The number of nitrogens with one attached hydrogen (secondary N) is 1. The van der Waals surface area contributed by atoms with Gasteiger partial charge in [-0.15, -0.1) is 11.6 Å². The number of aromatic nitrogens is 6. The molecule has 1 aliphatic rings. The monoisotopic (exact) mass is 345 g/mol. The van der Waals surface area contributed by atoms with E-state index in [0.29, 0.717) is 36.5 Å². The van der Waals surface area contributed by atoms with Gasteiger partial charge in [0.05, 0.1) is 19.1 Å². The molecule has 116 valence electrons. The van der Waals surface area contributed by atoms with E-state index < -0.39 is 0 Å². The van der Waals surface area contributed by atoms with E-state index in [1.807, 2.05) is 12.3 Å². The maximum absolute atomic E-state index is 5.90. The number of morpholine rings is 1. The summed E-state index contributed by atoms with van der Waals surface area (Å²) in [5.74, 6) is 2.26. The number of imidazole rings is 1. The highest BCUT2D eigenvalue weighted by molar-refractivity contribution is 6.30. The Morgan fingerprint density at radius 2 is 2.09 bits per heavy atom. The van der Waals surface area contributed by atoms with Crippen molar-refractivity contribution in [3.63, 3.8) is 0 Å². The van der Waals surface area contributed by atoms with Gasteiger partial charge in [0.2, 0.25) is 16.3 Å². The molecule has 0 unspecified atom stereocenters. The summed E-state index contributed by atoms with van der Waals surface area (Å²) in [4.78, 5) is 19.0. The van der Waals surface area contributed by atoms with Crippen LogP contribution in [0, 0.1) is 0 Å². The molecule has 0 aliphatic carbocycles. The molecule has 10 heteroatoms. The molecule has 0 atom stereocenters. The van der Waals surface area contributed by atoms with Crippen molar-refractivity contribution in [2.24, 2.45) is 0 Å². The quantitative estimate of drug-likeness (QED) is 0.527. The molecular weight excluding hydrogens is 333 g/mol. The number of H-pyrrole nitrogens is 1. The van der Waals surface area contributed by atoms with E-state index in [1.165, 1.54) is 0 Å². The van der Waals surface area contributed by atoms with Crippen LogP contribution in [-0.2, 0) is 10.6 Å². The third-order valence-corrected chi connectivity index (χ3v) is 4.18. The number of ether oxygens (including phenoxy) is 1. The van der Waals surface area contributed by atoms with Crippen molar-refractivity contribution in [3.8, 4) is 5.95 Å². The highest BCUT2D eigenvalue weighted by Gasteiger charge is 2.20. The molecule has 0 spiro atoms. The molecule has 8 nitrogen and oxygen atoms in total. The van der Waals surface area contributed by atoms with Crippen LogP contribution in [-0.4, -0.2) is 72.3 Å². The first-order valence-electron chi connectivity index (χ1n) is 7.21. The molecule has 1 saturated heterocycles. The first kappa shape index (κ1) is 14.9. The average molecular weight is 346 g/mol. The minimum atomic E-state index is 0.297. The van der Waals surface area contributed by atoms with Crippen LogP contribution in [0.15, 0.2) is 12.3 Å². The Hall–Kier alpha value is -1.66. The van der Waals surface area contributed by atoms with E-state index in [4.69, 9.17) is 21.3 Å². The summed E-state index contributed by atoms with van der Waals surface area (Å²) < 4.78 is 7.89. The summed E-state index contributed by atoms with van der Waals surface area (Å²) in [5, 5.41) is 4.35. The number of halogens is 1. The zero-order valence-corrected chi connectivity index (χ0v) is 14.1. The van der Waals surface area contributed by atoms with Crippen molar-refractivity contribution in [1.29, 1.82) is 0 Å². The normalized spacial score (nSPS) is 15.4. The van der Waals surface area contributed by atoms with Crippen LogP contribution in [0.2, 0.25) is 0 Å². The fourth-order valence-electron chi connectivity index (χ4n) is 2.54. The van der Waals surface area contributed by atoms with Gasteiger partial charge in [-0.25, -0.2) is 9.67 Å². The van der Waals surface area contributed by atoms with Gasteiger partial charge < -0.3 is 14.6 Å². The Morgan fingerprint density at radius 1 is 1.26 bits per heavy atom. The summed E-state index contributed by atoms with van der Waals surface area (Å²) in [6, 6.07) is 1.88. The minimum Gasteiger partial charge on any atom is -0.378 e. The van der Waals surface area contributed by atoms with E-state index in [0.717, 1.165) is 29.0 Å². The van der Waals surface area contributed by atoms with Crippen molar-refractivity contribution in [3.05, 3.63) is 18.1 Å². The predicted octanol–water partition coefficient (Wildman–Crippen LogP) is -0.0922. The smallest absolute Gasteiger partial charge is 0.254 e. The predicted molar refractivity (Wildman–Crippen MR) is 86.8 cm³/mol. The number of aromatic amines is 1. The van der Waals surface area contributed by atoms with Gasteiger partial charge in [0, 0.05) is 19.3 Å². The molecule has 4 heterocycles. The van der Waals surface area contributed by atoms with Crippen molar-refractivity contribution < 1.29 is 4.74 Å². The molecule has 3 aromatic rings. The van der Waals surface area contributed by atoms with Crippen LogP contribution in [0.4, 0.5) is 5.82 Å². The summed E-state index contributed by atoms with van der Waals surface area (Å²) in [6.45, 7) is 2.90. The Bertz CT molecular complexity index is 842. The van der Waals surface area contributed by atoms with Crippen LogP contribution in [0.25, 0.3) is 17.1 Å². The van der Waals surface area contributed by atoms with Gasteiger partial charge in [0.1, 0.15) is 11.3 Å². The van der Waals surface area contributed by atoms with E-state index in [-0.39, 0.29) is 0 Å². The van der Waals surface area contributed by atoms with E-state index in [1.54, 1.807) is 4.68 Å². The zero-order chi connectivity index (χ0) is 15.8. The van der Waals surface area contributed by atoms with Gasteiger partial charge in [-0.1, -0.05) is 0 Å². The fraction of sp³-hybridized carbons (Fsp3) is 0.385. The van der Waals surface area contributed by atoms with Crippen LogP contribution in [0.1, 0.15) is 5.82 Å². The molecule has 1 N–H and O–H groups in total. The van der Waals surface area contributed by atoms with Crippen LogP contribution in [0.3, 0.4) is 0 Å². The number of rotatable bonds is 3. The lowest BCUT2D eigenvalue weighted by Crippen LogP contribution is -2.37. The standard InChI is InChI=1S/C13H13ClN7O.Al/c14-8-9-16-10-11(17-9)18-13(21-3-1-2-15-21)19-12(10)20-4-6-22-7-5-20;/h1,3H,4-8H2,(H,16,17,18,19);. The lowest BCUT2D eigenvalue weighted by molar-refractivity contribution is 0.122. The first-order valence-corrected chi connectivity index (χ1v) is 8.32. The number of nitrogens with zero attached hydrogens (tertiary/aromatic N) is 6. The highest BCUT2D eigenvalue weighted by Crippen LogP contribution is 2.24. The summed E-state index contributed by atoms with van der Waals surface area (Å²) in [7, 11) is 0. The third kappa shape index (κ3) is 2.81. The van der Waals surface area contributed by atoms with Crippen LogP contribution < -0.4 is 9.46 Å². The van der Waals surface area contributed by atoms with E-state index >= 15 is 0 Å². The second kappa shape index (κ2) is 6.09. The molecule has 0 bridgehead atoms. The Morgan fingerprint density at radius 3 is 2.78 bits per heavy atom. The first-order chi connectivity index (χ1) is 11.2. The second-order valence-electron chi connectivity index (χ2n) is 5.15. The van der Waals surface area contributed by atoms with Crippen LogP contribution >= 0.6 is 11.6 Å². The lowest BCUT2D eigenvalue weighted by Gasteiger charge is -2.28. The van der Waals surface area contributed by atoms with E-state index in [9.17, 15) is 0 Å². The van der Waals surface area contributed by atoms with Gasteiger partial charge in [-0.3, -0.25) is 0 Å². The topological polar surface area (TPSA) is 84.8 Å². The van der Waals surface area contributed by atoms with Crippen molar-refractivity contribution in [2.75, 3.05) is 31.2 Å². The molecule has 0 amide bonds. The maximum atomic E-state index is 5.90. The largest absolute Gasteiger partial charge is 0.378 e. The van der Waals surface area contributed by atoms with E-state index in [2.05, 4.69) is 41.2 Å². The second-order valence-corrected chi connectivity index (χ2v) is 6.01. The molecular formula is C13H13AlClN7O. The molecule has 23 heavy (non-hydrogen) atoms. The van der Waals surface area contributed by atoms with Gasteiger partial charge in [-0.2, -0.15) is 15.1 Å². The highest BCUT2D eigenvalue weighted by atomic mass is 35.5. The molecule has 0 saturated carbocycles. The SMILES string of the molecule is [Al][c]1ccn(-c2nc(N3CCOCC3)c3[nH]c(CCl)nc3n2)n1. The summed E-state index contributed by atoms with van der Waals surface area (Å²) in [6.07, 6.45) is 1.82. The maximum Gasteiger partial charge on any atom is 0.254 e. The molecule has 3 aromatic heterocycles. The molecule has 2 radical (unpaired) electrons. The van der Waals surface area contributed by atoms with Crippen molar-refractivity contribution in [1.82, 2.24) is 29.7 Å². The Balaban J connectivity index is 1.88. The van der Waals surface area contributed by atoms with Gasteiger partial charge in [-0.05, 0) is 10.6 Å². The Labute approximate surface area is 145 Å². The molecule has 0 aromatic carbocycles. The summed E-state index contributed by atoms with van der Waals surface area (Å²) >= 11 is 8.45. The number of hydrogen-bond acceptors (Lipinski definition) is 6. The van der Waals surface area contributed by atoms with Gasteiger partial charge in [0.25, 0.3) is 5.95 Å². The Kier molecular flexibility index (Phi) is 3.95. The molecule has 4 rings (SSSR count). The fourth-order valence-corrected chi connectivity index (χ4v) is 2.88. The lowest BCUT2D eigenvalue weighted by atomic mass is 10.4. The summed E-state index contributed by atoms with van der Waals surface area (Å²) in [5.41, 5.74) is 1.39. The van der Waals surface area contributed by atoms with Crippen molar-refractivity contribution in [2.45, 2.75) is 5.88 Å². The molecule has 1 fully saturated rings. The van der Waals surface area contributed by atoms with Crippen molar-refractivity contribution >= 4 is 49.4 Å². The minimum absolute atomic E-state index is 0.297. The molecule has 1 aliphatic heterocycles. The number of fused-ring (bicyclic) bond motifs is 1. The van der Waals surface area contributed by atoms with Gasteiger partial charge >= 0.3 is 0 Å². The average Bonchev–Trinajstić information content (AvgIpc) is 3.20. The zero-order valence-electron chi connectivity index (χ0n) is 12.2. The number of anilines is 1. The third-order valence-electron chi connectivity index (χ3n) is 3.62. The van der Waals surface area contributed by atoms with Crippen LogP contribution in [0.5, 0.6) is 0 Å². The van der Waals surface area contributed by atoms with Gasteiger partial charge in [0.15, 0.2) is 11.5 Å².